The molecule has 0 radical (unpaired) electrons. The van der Waals surface area contributed by atoms with Crippen molar-refractivity contribution >= 4 is 17.3 Å². The average Bonchev–Trinajstić information content (AvgIpc) is 2.75. The van der Waals surface area contributed by atoms with E-state index in [2.05, 4.69) is 5.32 Å². The van der Waals surface area contributed by atoms with E-state index in [9.17, 15) is 9.90 Å². The van der Waals surface area contributed by atoms with Gasteiger partial charge in [-0.2, -0.15) is 0 Å². The Morgan fingerprint density at radius 2 is 1.95 bits per heavy atom. The van der Waals surface area contributed by atoms with Crippen LogP contribution in [0.1, 0.15) is 27.5 Å². The topological polar surface area (TPSA) is 101 Å². The number of nitrogens with two attached hydrogens (primary N) is 2. The first-order valence-electron chi connectivity index (χ1n) is 6.78. The van der Waals surface area contributed by atoms with E-state index in [1.165, 1.54) is 0 Å². The maximum absolute atomic E-state index is 12.3. The summed E-state index contributed by atoms with van der Waals surface area (Å²) in [5.41, 5.74) is 14.7. The molecular formula is C16H17N3O2. The highest BCUT2D eigenvalue weighted by Crippen LogP contribution is 2.31. The molecule has 21 heavy (non-hydrogen) atoms. The summed E-state index contributed by atoms with van der Waals surface area (Å²) in [4.78, 5) is 12.3. The molecule has 5 nitrogen and oxygen atoms in total. The third-order valence-corrected chi connectivity index (χ3v) is 3.81. The Kier molecular flexibility index (Phi) is 3.27. The lowest BCUT2D eigenvalue weighted by Crippen LogP contribution is -2.34. The summed E-state index contributed by atoms with van der Waals surface area (Å²) in [7, 11) is 0. The Labute approximate surface area is 122 Å². The minimum atomic E-state index is -0.624. The first-order valence-corrected chi connectivity index (χ1v) is 6.78. The maximum atomic E-state index is 12.3. The molecule has 0 aliphatic heterocycles. The molecular weight excluding hydrogens is 266 g/mol. The summed E-state index contributed by atoms with van der Waals surface area (Å²) in [6, 6.07) is 12.1. The number of nitrogen functional groups attached to an aromatic ring is 2. The number of benzene rings is 2. The first-order chi connectivity index (χ1) is 10.1. The van der Waals surface area contributed by atoms with E-state index >= 15 is 0 Å². The molecule has 5 heteroatoms. The summed E-state index contributed by atoms with van der Waals surface area (Å²) < 4.78 is 0. The average molecular weight is 283 g/mol. The Morgan fingerprint density at radius 1 is 1.19 bits per heavy atom. The number of carbonyl (C=O) groups is 1. The van der Waals surface area contributed by atoms with Crippen LogP contribution in [-0.4, -0.2) is 17.1 Å². The van der Waals surface area contributed by atoms with E-state index < -0.39 is 12.1 Å². The van der Waals surface area contributed by atoms with Gasteiger partial charge in [-0.3, -0.25) is 4.79 Å². The van der Waals surface area contributed by atoms with Crippen molar-refractivity contribution in [1.29, 1.82) is 0 Å². The predicted octanol–water partition coefficient (Wildman–Crippen LogP) is 1.24. The number of carbonyl (C=O) groups excluding carboxylic acids is 1. The second-order valence-corrected chi connectivity index (χ2v) is 5.27. The summed E-state index contributed by atoms with van der Waals surface area (Å²) >= 11 is 0. The highest BCUT2D eigenvalue weighted by molar-refractivity contribution is 6.00. The normalized spacial score (nSPS) is 20.0. The molecule has 3 rings (SSSR count). The van der Waals surface area contributed by atoms with Gasteiger partial charge in [0.05, 0.1) is 17.7 Å². The van der Waals surface area contributed by atoms with Crippen LogP contribution in [0.5, 0.6) is 0 Å². The number of hydrogen-bond donors (Lipinski definition) is 4. The third-order valence-electron chi connectivity index (χ3n) is 3.81. The Bertz CT molecular complexity index is 700. The molecule has 0 saturated carbocycles. The zero-order valence-electron chi connectivity index (χ0n) is 11.4. The van der Waals surface area contributed by atoms with Crippen molar-refractivity contribution in [1.82, 2.24) is 5.32 Å². The molecule has 1 amide bonds. The smallest absolute Gasteiger partial charge is 0.253 e. The SMILES string of the molecule is Nc1ccc(C(=O)N[C@@H]2c3ccccc3C[C@@H]2O)c(N)c1. The van der Waals surface area contributed by atoms with Crippen LogP contribution < -0.4 is 16.8 Å². The lowest BCUT2D eigenvalue weighted by molar-refractivity contribution is 0.0859. The van der Waals surface area contributed by atoms with Crippen LogP contribution in [0.4, 0.5) is 11.4 Å². The molecule has 0 bridgehead atoms. The summed E-state index contributed by atoms with van der Waals surface area (Å²) in [5, 5.41) is 13.0. The number of aliphatic hydroxyl groups is 1. The standard InChI is InChI=1S/C16H17N3O2/c17-10-5-6-12(13(18)8-10)16(21)19-15-11-4-2-1-3-9(11)7-14(15)20/h1-6,8,14-15,20H,7,17-18H2,(H,19,21)/t14-,15+/m0/s1. The minimum absolute atomic E-state index is 0.312. The molecule has 1 aliphatic carbocycles. The summed E-state index contributed by atoms with van der Waals surface area (Å²) in [6.07, 6.45) is -0.0837. The van der Waals surface area contributed by atoms with Gasteiger partial charge in [0.25, 0.3) is 5.91 Å². The molecule has 2 atom stereocenters. The zero-order chi connectivity index (χ0) is 15.0. The van der Waals surface area contributed by atoms with Gasteiger partial charge in [0.2, 0.25) is 0 Å². The third kappa shape index (κ3) is 2.43. The molecule has 108 valence electrons. The summed E-state index contributed by atoms with van der Waals surface area (Å²) in [5.74, 6) is -0.312. The van der Waals surface area contributed by atoms with Crippen molar-refractivity contribution in [3.8, 4) is 0 Å². The molecule has 0 saturated heterocycles. The van der Waals surface area contributed by atoms with Crippen molar-refractivity contribution in [2.75, 3.05) is 11.5 Å². The van der Waals surface area contributed by atoms with Crippen LogP contribution in [0, 0.1) is 0 Å². The Hall–Kier alpha value is -2.53. The molecule has 6 N–H and O–H groups in total. The van der Waals surface area contributed by atoms with E-state index in [0.29, 0.717) is 23.4 Å². The maximum Gasteiger partial charge on any atom is 0.253 e. The van der Waals surface area contributed by atoms with Gasteiger partial charge in [-0.25, -0.2) is 0 Å². The van der Waals surface area contributed by atoms with Gasteiger partial charge in [0.15, 0.2) is 0 Å². The largest absolute Gasteiger partial charge is 0.399 e. The van der Waals surface area contributed by atoms with Crippen molar-refractivity contribution in [2.24, 2.45) is 0 Å². The lowest BCUT2D eigenvalue weighted by atomic mass is 10.1. The highest BCUT2D eigenvalue weighted by atomic mass is 16.3. The van der Waals surface area contributed by atoms with E-state index in [4.69, 9.17) is 11.5 Å². The fourth-order valence-corrected chi connectivity index (χ4v) is 2.75. The number of rotatable bonds is 2. The van der Waals surface area contributed by atoms with Crippen molar-refractivity contribution in [3.05, 3.63) is 59.2 Å². The Balaban J connectivity index is 1.85. The number of hydrogen-bond acceptors (Lipinski definition) is 4. The van der Waals surface area contributed by atoms with E-state index in [1.807, 2.05) is 24.3 Å². The number of nitrogens with one attached hydrogen (secondary N) is 1. The van der Waals surface area contributed by atoms with Crippen molar-refractivity contribution < 1.29 is 9.90 Å². The van der Waals surface area contributed by atoms with Gasteiger partial charge < -0.3 is 21.9 Å². The molecule has 0 heterocycles. The Morgan fingerprint density at radius 3 is 2.71 bits per heavy atom. The first kappa shape index (κ1) is 13.5. The van der Waals surface area contributed by atoms with Gasteiger partial charge >= 0.3 is 0 Å². The predicted molar refractivity (Wildman–Crippen MR) is 81.6 cm³/mol. The van der Waals surface area contributed by atoms with Crippen LogP contribution in [0.2, 0.25) is 0 Å². The van der Waals surface area contributed by atoms with E-state index in [1.54, 1.807) is 18.2 Å². The van der Waals surface area contributed by atoms with Crippen LogP contribution >= 0.6 is 0 Å². The van der Waals surface area contributed by atoms with Crippen LogP contribution in [0.15, 0.2) is 42.5 Å². The number of anilines is 2. The van der Waals surface area contributed by atoms with E-state index in [-0.39, 0.29) is 5.91 Å². The van der Waals surface area contributed by atoms with Gasteiger partial charge in [-0.05, 0) is 29.3 Å². The van der Waals surface area contributed by atoms with Crippen molar-refractivity contribution in [3.63, 3.8) is 0 Å². The molecule has 0 spiro atoms. The second kappa shape index (κ2) is 5.10. The number of aliphatic hydroxyl groups excluding tert-OH is 1. The molecule has 0 fully saturated rings. The van der Waals surface area contributed by atoms with E-state index in [0.717, 1.165) is 11.1 Å². The zero-order valence-corrected chi connectivity index (χ0v) is 11.4. The van der Waals surface area contributed by atoms with Crippen LogP contribution in [0.25, 0.3) is 0 Å². The number of amides is 1. The fraction of sp³-hybridized carbons (Fsp3) is 0.188. The monoisotopic (exact) mass is 283 g/mol. The second-order valence-electron chi connectivity index (χ2n) is 5.27. The molecule has 1 aliphatic rings. The van der Waals surface area contributed by atoms with Crippen LogP contribution in [-0.2, 0) is 6.42 Å². The van der Waals surface area contributed by atoms with Gasteiger partial charge in [0.1, 0.15) is 0 Å². The lowest BCUT2D eigenvalue weighted by Gasteiger charge is -2.18. The quantitative estimate of drug-likeness (QED) is 0.623. The molecule has 2 aromatic carbocycles. The molecule has 0 aromatic heterocycles. The fourth-order valence-electron chi connectivity index (χ4n) is 2.75. The molecule has 2 aromatic rings. The van der Waals surface area contributed by atoms with Crippen molar-refractivity contribution in [2.45, 2.75) is 18.6 Å². The van der Waals surface area contributed by atoms with Gasteiger partial charge in [0, 0.05) is 17.8 Å². The molecule has 0 unspecified atom stereocenters. The number of fused-ring (bicyclic) bond motifs is 1. The minimum Gasteiger partial charge on any atom is -0.399 e. The van der Waals surface area contributed by atoms with Crippen LogP contribution in [0.3, 0.4) is 0 Å². The highest BCUT2D eigenvalue weighted by Gasteiger charge is 2.32. The summed E-state index contributed by atoms with van der Waals surface area (Å²) in [6.45, 7) is 0. The van der Waals surface area contributed by atoms with Gasteiger partial charge in [-0.1, -0.05) is 24.3 Å². The van der Waals surface area contributed by atoms with Gasteiger partial charge in [-0.15, -0.1) is 0 Å².